The van der Waals surface area contributed by atoms with Crippen molar-refractivity contribution in [3.05, 3.63) is 35.9 Å². The van der Waals surface area contributed by atoms with Crippen molar-refractivity contribution in [1.82, 2.24) is 0 Å². The fourth-order valence-electron chi connectivity index (χ4n) is 1.95. The molecule has 0 heterocycles. The molecule has 0 radical (unpaired) electrons. The van der Waals surface area contributed by atoms with Crippen LogP contribution in [0.25, 0.3) is 0 Å². The number of hydrogen-bond acceptors (Lipinski definition) is 2. The largest absolute Gasteiger partial charge is 0.481 e. The molecule has 0 aromatic heterocycles. The molecule has 0 aliphatic heterocycles. The van der Waals surface area contributed by atoms with E-state index in [1.165, 1.54) is 0 Å². The molecule has 1 rings (SSSR count). The van der Waals surface area contributed by atoms with Crippen LogP contribution in [0.3, 0.4) is 0 Å². The molecule has 17 heavy (non-hydrogen) atoms. The Morgan fingerprint density at radius 1 is 1.18 bits per heavy atom. The molecule has 3 heteroatoms. The normalized spacial score (nSPS) is 14.6. The number of benzene rings is 1. The molecule has 2 unspecified atom stereocenters. The summed E-state index contributed by atoms with van der Waals surface area (Å²) in [5, 5.41) is 19.1. The van der Waals surface area contributed by atoms with Gasteiger partial charge in [0, 0.05) is 0 Å². The predicted octanol–water partition coefficient (Wildman–Crippen LogP) is 2.86. The summed E-state index contributed by atoms with van der Waals surface area (Å²) in [5.41, 5.74) is 0.780. The third-order valence-electron chi connectivity index (χ3n) is 2.80. The number of aliphatic carboxylic acids is 1. The monoisotopic (exact) mass is 236 g/mol. The van der Waals surface area contributed by atoms with Crippen LogP contribution in [0.15, 0.2) is 30.3 Å². The molecule has 2 atom stereocenters. The van der Waals surface area contributed by atoms with Crippen molar-refractivity contribution in [1.29, 1.82) is 0 Å². The smallest absolute Gasteiger partial charge is 0.306 e. The van der Waals surface area contributed by atoms with E-state index in [1.807, 2.05) is 44.2 Å². The molecule has 0 aliphatic rings. The zero-order valence-electron chi connectivity index (χ0n) is 10.3. The number of aliphatic hydroxyl groups is 1. The highest BCUT2D eigenvalue weighted by Crippen LogP contribution is 2.25. The first kappa shape index (κ1) is 13.7. The lowest BCUT2D eigenvalue weighted by molar-refractivity contribution is -0.143. The van der Waals surface area contributed by atoms with E-state index in [4.69, 9.17) is 5.11 Å². The number of carboxylic acids is 1. The molecule has 0 spiro atoms. The highest BCUT2D eigenvalue weighted by Gasteiger charge is 2.23. The van der Waals surface area contributed by atoms with Gasteiger partial charge in [-0.3, -0.25) is 4.79 Å². The maximum Gasteiger partial charge on any atom is 0.306 e. The molecule has 3 nitrogen and oxygen atoms in total. The fourth-order valence-corrected chi connectivity index (χ4v) is 1.95. The van der Waals surface area contributed by atoms with Gasteiger partial charge in [0.15, 0.2) is 0 Å². The van der Waals surface area contributed by atoms with Crippen molar-refractivity contribution in [2.45, 2.75) is 32.8 Å². The van der Waals surface area contributed by atoms with Crippen LogP contribution in [-0.4, -0.2) is 16.2 Å². The van der Waals surface area contributed by atoms with E-state index >= 15 is 0 Å². The number of rotatable bonds is 6. The quantitative estimate of drug-likeness (QED) is 0.798. The molecule has 0 bridgehead atoms. The van der Waals surface area contributed by atoms with Gasteiger partial charge in [0.25, 0.3) is 0 Å². The van der Waals surface area contributed by atoms with Gasteiger partial charge >= 0.3 is 5.97 Å². The van der Waals surface area contributed by atoms with Gasteiger partial charge in [0.2, 0.25) is 0 Å². The van der Waals surface area contributed by atoms with Crippen molar-refractivity contribution in [2.75, 3.05) is 0 Å². The average Bonchev–Trinajstić information content (AvgIpc) is 2.28. The van der Waals surface area contributed by atoms with Crippen LogP contribution in [-0.2, 0) is 4.79 Å². The average molecular weight is 236 g/mol. The first-order chi connectivity index (χ1) is 8.00. The summed E-state index contributed by atoms with van der Waals surface area (Å²) in [5.74, 6) is -0.988. The lowest BCUT2D eigenvalue weighted by Gasteiger charge is -2.18. The van der Waals surface area contributed by atoms with Gasteiger partial charge < -0.3 is 10.2 Å². The zero-order valence-corrected chi connectivity index (χ0v) is 10.3. The predicted molar refractivity (Wildman–Crippen MR) is 66.6 cm³/mol. The van der Waals surface area contributed by atoms with Crippen molar-refractivity contribution >= 4 is 5.97 Å². The second-order valence-electron chi connectivity index (χ2n) is 4.83. The second-order valence-corrected chi connectivity index (χ2v) is 4.83. The van der Waals surface area contributed by atoms with Crippen LogP contribution in [0.5, 0.6) is 0 Å². The van der Waals surface area contributed by atoms with Gasteiger partial charge in [-0.15, -0.1) is 0 Å². The van der Waals surface area contributed by atoms with E-state index in [9.17, 15) is 9.90 Å². The molecule has 1 aromatic carbocycles. The molecule has 0 saturated carbocycles. The van der Waals surface area contributed by atoms with Crippen LogP contribution in [0.2, 0.25) is 0 Å². The Hall–Kier alpha value is -1.35. The number of aliphatic hydroxyl groups excluding tert-OH is 1. The highest BCUT2D eigenvalue weighted by molar-refractivity contribution is 5.70. The summed E-state index contributed by atoms with van der Waals surface area (Å²) >= 11 is 0. The summed E-state index contributed by atoms with van der Waals surface area (Å²) in [6.45, 7) is 3.98. The molecule has 94 valence electrons. The third kappa shape index (κ3) is 4.57. The number of hydrogen-bond donors (Lipinski definition) is 2. The maximum absolute atomic E-state index is 11.1. The molecular formula is C14H20O3. The lowest BCUT2D eigenvalue weighted by Crippen LogP contribution is -2.19. The minimum Gasteiger partial charge on any atom is -0.481 e. The third-order valence-corrected chi connectivity index (χ3v) is 2.80. The van der Waals surface area contributed by atoms with Crippen LogP contribution in [0.1, 0.15) is 38.4 Å². The van der Waals surface area contributed by atoms with E-state index < -0.39 is 18.0 Å². The molecule has 0 fully saturated rings. The number of carboxylic acid groups (broad SMARTS) is 1. The molecular weight excluding hydrogens is 216 g/mol. The van der Waals surface area contributed by atoms with Gasteiger partial charge in [-0.05, 0) is 24.3 Å². The Morgan fingerprint density at radius 2 is 1.76 bits per heavy atom. The van der Waals surface area contributed by atoms with Crippen LogP contribution >= 0.6 is 0 Å². The summed E-state index contributed by atoms with van der Waals surface area (Å²) in [7, 11) is 0. The molecule has 2 N–H and O–H groups in total. The summed E-state index contributed by atoms with van der Waals surface area (Å²) in [4.78, 5) is 11.1. The van der Waals surface area contributed by atoms with Crippen LogP contribution in [0.4, 0.5) is 0 Å². The van der Waals surface area contributed by atoms with E-state index in [-0.39, 0.29) is 6.42 Å². The highest BCUT2D eigenvalue weighted by atomic mass is 16.4. The summed E-state index contributed by atoms with van der Waals surface area (Å²) < 4.78 is 0. The zero-order chi connectivity index (χ0) is 12.8. The topological polar surface area (TPSA) is 57.5 Å². The molecule has 0 saturated heterocycles. The van der Waals surface area contributed by atoms with Gasteiger partial charge in [0.1, 0.15) is 0 Å². The first-order valence-corrected chi connectivity index (χ1v) is 5.96. The Kier molecular flexibility index (Phi) is 5.16. The summed E-state index contributed by atoms with van der Waals surface area (Å²) in [6.07, 6.45) is 0.174. The minimum absolute atomic E-state index is 0.275. The molecule has 1 aromatic rings. The van der Waals surface area contributed by atoms with Crippen molar-refractivity contribution in [3.8, 4) is 0 Å². The minimum atomic E-state index is -0.825. The van der Waals surface area contributed by atoms with Crippen LogP contribution in [0, 0.1) is 11.8 Å². The Balaban J connectivity index is 2.64. The van der Waals surface area contributed by atoms with Gasteiger partial charge in [0.05, 0.1) is 12.0 Å². The van der Waals surface area contributed by atoms with Gasteiger partial charge in [-0.1, -0.05) is 44.2 Å². The van der Waals surface area contributed by atoms with Gasteiger partial charge in [-0.2, -0.15) is 0 Å². The van der Waals surface area contributed by atoms with Crippen LogP contribution < -0.4 is 0 Å². The second kappa shape index (κ2) is 6.40. The maximum atomic E-state index is 11.1. The molecule has 0 amide bonds. The Labute approximate surface area is 102 Å². The van der Waals surface area contributed by atoms with Crippen molar-refractivity contribution in [3.63, 3.8) is 0 Å². The first-order valence-electron chi connectivity index (χ1n) is 5.96. The molecule has 0 aliphatic carbocycles. The van der Waals surface area contributed by atoms with Crippen molar-refractivity contribution < 1.29 is 15.0 Å². The Bertz CT molecular complexity index is 346. The van der Waals surface area contributed by atoms with E-state index in [0.717, 1.165) is 5.56 Å². The summed E-state index contributed by atoms with van der Waals surface area (Å²) in [6, 6.07) is 9.20. The van der Waals surface area contributed by atoms with E-state index in [1.54, 1.807) is 0 Å². The van der Waals surface area contributed by atoms with Crippen molar-refractivity contribution in [2.24, 2.45) is 11.8 Å². The van der Waals surface area contributed by atoms with E-state index in [0.29, 0.717) is 12.3 Å². The number of carbonyl (C=O) groups is 1. The standard InChI is InChI=1S/C14H20O3/c1-10(2)8-12(14(16)17)9-13(15)11-6-4-3-5-7-11/h3-7,10,12-13,15H,8-9H2,1-2H3,(H,16,17). The fraction of sp³-hybridized carbons (Fsp3) is 0.500. The SMILES string of the molecule is CC(C)CC(CC(O)c1ccccc1)C(=O)O. The van der Waals surface area contributed by atoms with E-state index in [2.05, 4.69) is 0 Å². The van der Waals surface area contributed by atoms with Gasteiger partial charge in [-0.25, -0.2) is 0 Å². The Morgan fingerprint density at radius 3 is 2.24 bits per heavy atom. The lowest BCUT2D eigenvalue weighted by atomic mass is 9.90.